The van der Waals surface area contributed by atoms with Gasteiger partial charge in [-0.15, -0.1) is 0 Å². The predicted molar refractivity (Wildman–Crippen MR) is 111 cm³/mol. The third-order valence-electron chi connectivity index (χ3n) is 4.43. The molecule has 34 heavy (non-hydrogen) atoms. The Morgan fingerprint density at radius 2 is 1.62 bits per heavy atom. The fourth-order valence-electron chi connectivity index (χ4n) is 2.82. The second-order valence-corrected chi connectivity index (χ2v) is 6.78. The number of hydrogen-bond acceptors (Lipinski definition) is 7. The van der Waals surface area contributed by atoms with E-state index in [0.717, 1.165) is 12.1 Å². The number of rotatable bonds is 7. The largest absolute Gasteiger partial charge is 0.471 e. The zero-order chi connectivity index (χ0) is 24.9. The van der Waals surface area contributed by atoms with Gasteiger partial charge in [0.15, 0.2) is 12.4 Å². The molecule has 2 aromatic carbocycles. The van der Waals surface area contributed by atoms with E-state index in [1.165, 1.54) is 61.5 Å². The van der Waals surface area contributed by atoms with Crippen molar-refractivity contribution in [1.82, 2.24) is 9.78 Å². The van der Waals surface area contributed by atoms with E-state index in [4.69, 9.17) is 4.74 Å². The van der Waals surface area contributed by atoms with Crippen LogP contribution in [-0.2, 0) is 22.4 Å². The standard InChI is InChI=1S/C22H18F3N3O6/c1-32-20(30)13-8-14(21(31)33-2)10-16(9-13)26-19(29)18-6-7-28(27-18)12-34-17-5-3-4-15(11-17)22(23,24)25/h3-11H,12H2,1-2H3,(H,26,29). The van der Waals surface area contributed by atoms with Crippen LogP contribution in [0.25, 0.3) is 0 Å². The number of aromatic nitrogens is 2. The monoisotopic (exact) mass is 477 g/mol. The first-order valence-corrected chi connectivity index (χ1v) is 9.57. The summed E-state index contributed by atoms with van der Waals surface area (Å²) in [4.78, 5) is 36.3. The molecular weight excluding hydrogens is 459 g/mol. The first-order chi connectivity index (χ1) is 16.1. The third-order valence-corrected chi connectivity index (χ3v) is 4.43. The van der Waals surface area contributed by atoms with Gasteiger partial charge in [-0.1, -0.05) is 6.07 Å². The molecule has 0 aliphatic heterocycles. The Bertz CT molecular complexity index is 1190. The number of halogens is 3. The van der Waals surface area contributed by atoms with Gasteiger partial charge in [-0.05, 0) is 42.5 Å². The average molecular weight is 477 g/mol. The van der Waals surface area contributed by atoms with Crippen LogP contribution in [0.4, 0.5) is 18.9 Å². The fourth-order valence-corrected chi connectivity index (χ4v) is 2.82. The molecule has 0 aliphatic carbocycles. The van der Waals surface area contributed by atoms with Crippen molar-refractivity contribution in [2.24, 2.45) is 0 Å². The molecule has 0 fully saturated rings. The van der Waals surface area contributed by atoms with E-state index >= 15 is 0 Å². The minimum absolute atomic E-state index is 0.0146. The van der Waals surface area contributed by atoms with Gasteiger partial charge in [0.1, 0.15) is 5.75 Å². The van der Waals surface area contributed by atoms with E-state index < -0.39 is 29.6 Å². The summed E-state index contributed by atoms with van der Waals surface area (Å²) in [6.45, 7) is -0.251. The SMILES string of the molecule is COC(=O)c1cc(NC(=O)c2ccn(COc3cccc(C(F)(F)F)c3)n2)cc(C(=O)OC)c1. The normalized spacial score (nSPS) is 11.0. The van der Waals surface area contributed by atoms with Gasteiger partial charge in [0.25, 0.3) is 5.91 Å². The molecule has 12 heteroatoms. The number of amides is 1. The Morgan fingerprint density at radius 3 is 2.21 bits per heavy atom. The Labute approximate surface area is 191 Å². The average Bonchev–Trinajstić information content (AvgIpc) is 3.30. The van der Waals surface area contributed by atoms with E-state index in [-0.39, 0.29) is 35.0 Å². The highest BCUT2D eigenvalue weighted by Crippen LogP contribution is 2.31. The van der Waals surface area contributed by atoms with E-state index in [9.17, 15) is 27.6 Å². The summed E-state index contributed by atoms with van der Waals surface area (Å²) in [5.41, 5.74) is -0.758. The fraction of sp³-hybridized carbons (Fsp3) is 0.182. The highest BCUT2D eigenvalue weighted by atomic mass is 19.4. The number of anilines is 1. The maximum absolute atomic E-state index is 12.8. The van der Waals surface area contributed by atoms with Gasteiger partial charge < -0.3 is 19.5 Å². The molecule has 0 saturated carbocycles. The number of alkyl halides is 3. The lowest BCUT2D eigenvalue weighted by Crippen LogP contribution is -2.16. The Hall–Kier alpha value is -4.35. The highest BCUT2D eigenvalue weighted by Gasteiger charge is 2.30. The molecule has 0 saturated heterocycles. The van der Waals surface area contributed by atoms with Gasteiger partial charge in [0, 0.05) is 11.9 Å². The summed E-state index contributed by atoms with van der Waals surface area (Å²) in [5, 5.41) is 6.53. The van der Waals surface area contributed by atoms with Crippen molar-refractivity contribution in [3.63, 3.8) is 0 Å². The Morgan fingerprint density at radius 1 is 0.971 bits per heavy atom. The van der Waals surface area contributed by atoms with Crippen molar-refractivity contribution >= 4 is 23.5 Å². The topological polar surface area (TPSA) is 109 Å². The molecule has 0 bridgehead atoms. The van der Waals surface area contributed by atoms with Crippen LogP contribution in [0.2, 0.25) is 0 Å². The van der Waals surface area contributed by atoms with Crippen molar-refractivity contribution in [1.29, 1.82) is 0 Å². The van der Waals surface area contributed by atoms with E-state index in [2.05, 4.69) is 19.9 Å². The van der Waals surface area contributed by atoms with Gasteiger partial charge >= 0.3 is 18.1 Å². The quantitative estimate of drug-likeness (QED) is 0.516. The molecule has 0 aliphatic rings. The number of nitrogens with one attached hydrogen (secondary N) is 1. The molecule has 3 aromatic rings. The summed E-state index contributed by atoms with van der Waals surface area (Å²) in [6.07, 6.45) is -3.11. The number of carbonyl (C=O) groups excluding carboxylic acids is 3. The first-order valence-electron chi connectivity index (χ1n) is 9.57. The third kappa shape index (κ3) is 5.91. The molecule has 1 amide bonds. The second kappa shape index (κ2) is 10.1. The molecule has 0 radical (unpaired) electrons. The second-order valence-electron chi connectivity index (χ2n) is 6.78. The molecule has 1 heterocycles. The minimum Gasteiger partial charge on any atom is -0.471 e. The van der Waals surface area contributed by atoms with Crippen LogP contribution in [0.15, 0.2) is 54.7 Å². The van der Waals surface area contributed by atoms with Crippen LogP contribution in [0.1, 0.15) is 36.8 Å². The Balaban J connectivity index is 1.71. The molecule has 9 nitrogen and oxygen atoms in total. The van der Waals surface area contributed by atoms with Crippen LogP contribution in [0, 0.1) is 0 Å². The van der Waals surface area contributed by atoms with E-state index in [1.807, 2.05) is 0 Å². The summed E-state index contributed by atoms with van der Waals surface area (Å²) in [5.74, 6) is -2.14. The number of benzene rings is 2. The lowest BCUT2D eigenvalue weighted by Gasteiger charge is -2.10. The van der Waals surface area contributed by atoms with Gasteiger partial charge in [-0.2, -0.15) is 18.3 Å². The molecule has 3 rings (SSSR count). The number of methoxy groups -OCH3 is 2. The van der Waals surface area contributed by atoms with E-state index in [1.54, 1.807) is 0 Å². The lowest BCUT2D eigenvalue weighted by molar-refractivity contribution is -0.137. The molecule has 0 spiro atoms. The first kappa shape index (κ1) is 24.3. The van der Waals surface area contributed by atoms with Crippen molar-refractivity contribution in [3.8, 4) is 5.75 Å². The van der Waals surface area contributed by atoms with Crippen LogP contribution in [0.5, 0.6) is 5.75 Å². The van der Waals surface area contributed by atoms with Gasteiger partial charge in [-0.3, -0.25) is 4.79 Å². The van der Waals surface area contributed by atoms with Gasteiger partial charge in [-0.25, -0.2) is 14.3 Å². The summed E-state index contributed by atoms with van der Waals surface area (Å²) in [7, 11) is 2.33. The zero-order valence-electron chi connectivity index (χ0n) is 17.9. The van der Waals surface area contributed by atoms with Gasteiger partial charge in [0.2, 0.25) is 0 Å². The van der Waals surface area contributed by atoms with Crippen molar-refractivity contribution in [3.05, 3.63) is 77.1 Å². The van der Waals surface area contributed by atoms with Crippen molar-refractivity contribution in [2.45, 2.75) is 12.9 Å². The summed E-state index contributed by atoms with van der Waals surface area (Å²) < 4.78 is 54.3. The number of hydrogen-bond donors (Lipinski definition) is 1. The number of ether oxygens (including phenoxy) is 3. The molecule has 0 unspecified atom stereocenters. The maximum atomic E-state index is 12.8. The van der Waals surface area contributed by atoms with Crippen LogP contribution < -0.4 is 10.1 Å². The van der Waals surface area contributed by atoms with Crippen LogP contribution >= 0.6 is 0 Å². The number of nitrogens with zero attached hydrogens (tertiary/aromatic N) is 2. The van der Waals surface area contributed by atoms with E-state index in [0.29, 0.717) is 0 Å². The molecular formula is C22H18F3N3O6. The molecule has 0 atom stereocenters. The Kier molecular flexibility index (Phi) is 7.19. The van der Waals surface area contributed by atoms with Crippen LogP contribution in [-0.4, -0.2) is 41.8 Å². The highest BCUT2D eigenvalue weighted by molar-refractivity contribution is 6.04. The number of esters is 2. The van der Waals surface area contributed by atoms with Gasteiger partial charge in [0.05, 0.1) is 30.9 Å². The molecule has 1 N–H and O–H groups in total. The lowest BCUT2D eigenvalue weighted by atomic mass is 10.1. The van der Waals surface area contributed by atoms with Crippen molar-refractivity contribution in [2.75, 3.05) is 19.5 Å². The van der Waals surface area contributed by atoms with Crippen LogP contribution in [0.3, 0.4) is 0 Å². The predicted octanol–water partition coefficient (Wildman–Crippen LogP) is 3.76. The zero-order valence-corrected chi connectivity index (χ0v) is 17.9. The molecule has 178 valence electrons. The molecule has 1 aromatic heterocycles. The number of carbonyl (C=O) groups is 3. The minimum atomic E-state index is -4.50. The smallest absolute Gasteiger partial charge is 0.416 e. The maximum Gasteiger partial charge on any atom is 0.416 e. The summed E-state index contributed by atoms with van der Waals surface area (Å²) >= 11 is 0. The summed E-state index contributed by atoms with van der Waals surface area (Å²) in [6, 6.07) is 9.58. The van der Waals surface area contributed by atoms with Crippen molar-refractivity contribution < 1.29 is 41.8 Å².